The number of carbonyl (C=O) groups is 2. The first-order chi connectivity index (χ1) is 41.2. The van der Waals surface area contributed by atoms with Gasteiger partial charge in [0.05, 0.1) is 0 Å². The third-order valence-corrected chi connectivity index (χ3v) is 20.3. The molecule has 0 radical (unpaired) electrons. The summed E-state index contributed by atoms with van der Waals surface area (Å²) in [6.45, 7) is 42.8. The monoisotopic (exact) mass is 1350 g/mol. The van der Waals surface area contributed by atoms with E-state index in [4.69, 9.17) is 39.1 Å². The number of rotatable bonds is 9. The maximum atomic E-state index is 9.60. The molecule has 0 aromatic heterocycles. The molecule has 0 spiro atoms. The van der Waals surface area contributed by atoms with Crippen molar-refractivity contribution in [1.29, 1.82) is 0 Å². The number of thioether (sulfide) groups is 1. The molecule has 1 aliphatic heterocycles. The molecular formula is C78H150BrCl2NO4S. The predicted molar refractivity (Wildman–Crippen MR) is 402 cm³/mol. The number of hydrogen-bond donors (Lipinski definition) is 3. The molecule has 4 unspecified atom stereocenters. The van der Waals surface area contributed by atoms with Crippen molar-refractivity contribution >= 4 is 62.8 Å². The van der Waals surface area contributed by atoms with Gasteiger partial charge in [0.15, 0.2) is 0 Å². The molecule has 0 amide bonds. The van der Waals surface area contributed by atoms with Crippen LogP contribution in [0, 0.1) is 72.5 Å². The molecule has 5 fully saturated rings. The minimum absolute atomic E-state index is 0.222. The molecule has 1 heterocycles. The Balaban J connectivity index is -0.000000281. The highest BCUT2D eigenvalue weighted by Crippen LogP contribution is 2.37. The van der Waals surface area contributed by atoms with Gasteiger partial charge in [-0.25, -0.2) is 0 Å². The van der Waals surface area contributed by atoms with Crippen LogP contribution in [0.2, 0.25) is 0 Å². The van der Waals surface area contributed by atoms with E-state index in [1.54, 1.807) is 6.92 Å². The molecule has 7 aliphatic rings. The minimum atomic E-state index is -0.745. The van der Waals surface area contributed by atoms with Gasteiger partial charge in [-0.1, -0.05) is 270 Å². The molecule has 4 N–H and O–H groups in total. The number of nitrogens with two attached hydrogens (primary N) is 1. The lowest BCUT2D eigenvalue weighted by molar-refractivity contribution is -0.137. The van der Waals surface area contributed by atoms with Crippen molar-refractivity contribution in [2.75, 3.05) is 23.9 Å². The molecule has 1 saturated heterocycles. The number of carboxylic acid groups (broad SMARTS) is 2. The number of benzene rings is 1. The summed E-state index contributed by atoms with van der Waals surface area (Å²) in [6, 6.07) is 8.48. The third kappa shape index (κ3) is 73.9. The number of aryl methyl sites for hydroxylation is 2. The van der Waals surface area contributed by atoms with Gasteiger partial charge in [0.2, 0.25) is 0 Å². The van der Waals surface area contributed by atoms with Gasteiger partial charge in [0.25, 0.3) is 0 Å². The first-order valence-corrected chi connectivity index (χ1v) is 39.1. The zero-order valence-electron chi connectivity index (χ0n) is 61.0. The van der Waals surface area contributed by atoms with Crippen LogP contribution in [0.4, 0.5) is 0 Å². The first kappa shape index (κ1) is 94.7. The molecule has 5 nitrogen and oxygen atoms in total. The van der Waals surface area contributed by atoms with E-state index in [0.717, 1.165) is 78.5 Å². The van der Waals surface area contributed by atoms with Gasteiger partial charge in [-0.05, 0) is 200 Å². The fourth-order valence-electron chi connectivity index (χ4n) is 10.4. The normalized spacial score (nSPS) is 24.1. The molecule has 8 rings (SSSR count). The van der Waals surface area contributed by atoms with Crippen LogP contribution in [0.1, 0.15) is 328 Å². The van der Waals surface area contributed by atoms with Gasteiger partial charge in [-0.15, -0.1) is 23.2 Å². The van der Waals surface area contributed by atoms with Crippen LogP contribution in [0.5, 0.6) is 0 Å². The van der Waals surface area contributed by atoms with Gasteiger partial charge in [-0.3, -0.25) is 9.59 Å². The van der Waals surface area contributed by atoms with E-state index in [2.05, 4.69) is 194 Å². The van der Waals surface area contributed by atoms with Gasteiger partial charge in [0.1, 0.15) is 0 Å². The van der Waals surface area contributed by atoms with Crippen LogP contribution >= 0.6 is 50.9 Å². The Labute approximate surface area is 567 Å². The molecule has 87 heavy (non-hydrogen) atoms. The van der Waals surface area contributed by atoms with Crippen molar-refractivity contribution in [3.8, 4) is 0 Å². The second-order valence-electron chi connectivity index (χ2n) is 27.6. The summed E-state index contributed by atoms with van der Waals surface area (Å²) in [6.07, 6.45) is 48.9. The van der Waals surface area contributed by atoms with Gasteiger partial charge in [0, 0.05) is 28.9 Å². The Bertz CT molecular complexity index is 1560. The van der Waals surface area contributed by atoms with Crippen LogP contribution < -0.4 is 5.73 Å². The molecular weight excluding hydrogens is 1200 g/mol. The van der Waals surface area contributed by atoms with Crippen molar-refractivity contribution in [2.45, 2.75) is 341 Å². The molecule has 9 heteroatoms. The second kappa shape index (κ2) is 67.9. The van der Waals surface area contributed by atoms with Crippen LogP contribution in [0.3, 0.4) is 0 Å². The molecule has 6 aliphatic carbocycles. The lowest BCUT2D eigenvalue weighted by atomic mass is 9.71. The van der Waals surface area contributed by atoms with E-state index in [9.17, 15) is 9.59 Å². The second-order valence-corrected chi connectivity index (χ2v) is 31.2. The Kier molecular flexibility index (Phi) is 73.9. The number of hydrogen-bond acceptors (Lipinski definition) is 4. The lowest BCUT2D eigenvalue weighted by Gasteiger charge is -2.35. The summed E-state index contributed by atoms with van der Waals surface area (Å²) in [5.74, 6) is 10.7. The van der Waals surface area contributed by atoms with Crippen LogP contribution in [-0.2, 0) is 9.59 Å². The Morgan fingerprint density at radius 1 is 0.644 bits per heavy atom. The zero-order valence-corrected chi connectivity index (χ0v) is 65.0. The largest absolute Gasteiger partial charge is 0.481 e. The smallest absolute Gasteiger partial charge is 0.303 e. The lowest BCUT2D eigenvalue weighted by Crippen LogP contribution is -2.26. The van der Waals surface area contributed by atoms with E-state index in [-0.39, 0.29) is 6.42 Å². The molecule has 1 aromatic carbocycles. The van der Waals surface area contributed by atoms with Crippen LogP contribution in [0.15, 0.2) is 48.6 Å². The fraction of sp³-hybridized carbons (Fsp3) is 0.846. The number of allylic oxidation sites excluding steroid dienone is 4. The van der Waals surface area contributed by atoms with E-state index < -0.39 is 11.9 Å². The standard InChI is InChI=1S/C10H20.C8H10.C8H16.C7H13Cl.C7H14.C7H12.C6H12S.C6H10.C4H9Br.C4H9Cl.C4H11N.C4H8O2.C3H6O2/c1-7-5-8(2)10(4)9(3)6-7;1-7-3-5-8(2)6-4-7;1-2-8-6-4-3-5-7-8;1-6-4-2-3-5-7(6)8;1-7(2)5-3-4-6-7;1-7-5-3-2-4-6-7;1-6-3-2-4-7-5-6;1-6-4-2-3-5-6;1-3-4(2)5;2*1-2-3-4-5;1-2-3-4(5)6;1-2-3(4)5/h7-10H,5-6H2,1-4H3;3-6H,1-2H3;8H,2-7H2,1H3;6-7H,2-5H2,1H3;3-6H2,1-2H3;3,5,7H,2,4,6H2,1H3;6H,2-5H2,1H3;2-3,6H,4-5H2,1H3;4H,3H2,1-2H3;2-4H2,1H3;2-5H2,1H3;2-3H2,1H3,(H,5,6);2H2,1H3,(H,4,5)/t;;;6-,7?;;7-;6-;;;;;;/m...0.11....../s1. The maximum Gasteiger partial charge on any atom is 0.303 e. The average molecular weight is 1350 g/mol. The predicted octanol–water partition coefficient (Wildman–Crippen LogP) is 26.8. The van der Waals surface area contributed by atoms with Crippen molar-refractivity contribution in [3.05, 3.63) is 59.7 Å². The number of unbranched alkanes of at least 4 members (excludes halogenated alkanes) is 2. The van der Waals surface area contributed by atoms with Crippen LogP contribution in [-0.4, -0.2) is 56.3 Å². The number of halogens is 3. The molecule has 7 atom stereocenters. The highest BCUT2D eigenvalue weighted by atomic mass is 79.9. The van der Waals surface area contributed by atoms with Crippen molar-refractivity contribution in [2.24, 2.45) is 64.4 Å². The van der Waals surface area contributed by atoms with Crippen LogP contribution in [0.25, 0.3) is 0 Å². The summed E-state index contributed by atoms with van der Waals surface area (Å²) in [5, 5.41) is 16.1. The van der Waals surface area contributed by atoms with Crippen molar-refractivity contribution in [1.82, 2.24) is 0 Å². The molecule has 1 aromatic rings. The quantitative estimate of drug-likeness (QED) is 0.168. The molecule has 4 saturated carbocycles. The zero-order chi connectivity index (χ0) is 67.3. The van der Waals surface area contributed by atoms with E-state index >= 15 is 0 Å². The summed E-state index contributed by atoms with van der Waals surface area (Å²) >= 11 is 16.7. The van der Waals surface area contributed by atoms with Gasteiger partial charge < -0.3 is 15.9 Å². The summed E-state index contributed by atoms with van der Waals surface area (Å²) in [4.78, 5) is 19.7. The van der Waals surface area contributed by atoms with E-state index in [0.29, 0.717) is 22.0 Å². The summed E-state index contributed by atoms with van der Waals surface area (Å²) in [7, 11) is 0. The summed E-state index contributed by atoms with van der Waals surface area (Å²) < 4.78 is 0. The Morgan fingerprint density at radius 2 is 1.14 bits per heavy atom. The number of carboxylic acids is 2. The summed E-state index contributed by atoms with van der Waals surface area (Å²) in [5.41, 5.74) is 8.49. The minimum Gasteiger partial charge on any atom is -0.481 e. The Hall–Kier alpha value is -0.990. The first-order valence-electron chi connectivity index (χ1n) is 36.1. The topological polar surface area (TPSA) is 101 Å². The number of alkyl halides is 3. The average Bonchev–Trinajstić information content (AvgIpc) is 4.24. The molecule has 0 bridgehead atoms. The third-order valence-electron chi connectivity index (χ3n) is 17.3. The highest BCUT2D eigenvalue weighted by Gasteiger charge is 2.27. The van der Waals surface area contributed by atoms with E-state index in [1.165, 1.54) is 196 Å². The number of aliphatic carboxylic acids is 2. The maximum absolute atomic E-state index is 9.60. The Morgan fingerprint density at radius 3 is 1.34 bits per heavy atom. The van der Waals surface area contributed by atoms with Crippen molar-refractivity contribution < 1.29 is 19.8 Å². The fourth-order valence-corrected chi connectivity index (χ4v) is 12.0. The highest BCUT2D eigenvalue weighted by molar-refractivity contribution is 9.09. The van der Waals surface area contributed by atoms with Gasteiger partial charge in [-0.2, -0.15) is 11.8 Å². The van der Waals surface area contributed by atoms with Gasteiger partial charge >= 0.3 is 11.9 Å². The SMILES string of the molecule is CC1(C)CCCC1.CC1CC(C)C(C)C(C)C1.CC1CC=CC1.CCC(=O)O.CCC(C)Br.CCC1CCCCC1.CCCC(=O)O.CCCCCl.CCCCN.C[C@@H]1C=CCCC1.C[C@@H]1CCCSC1.C[C@H]1CCCCC1Cl.Cc1ccc(C)cc1. The van der Waals surface area contributed by atoms with E-state index in [1.807, 2.05) is 6.92 Å². The van der Waals surface area contributed by atoms with Crippen molar-refractivity contribution in [3.63, 3.8) is 0 Å². The molecule has 518 valence electrons.